The molecule has 0 heterocycles. The molecular formula is C18H22N2O4S. The molecule has 0 aliphatic rings. The Labute approximate surface area is 148 Å². The molecule has 0 fully saturated rings. The van der Waals surface area contributed by atoms with E-state index in [-0.39, 0.29) is 17.3 Å². The molecule has 0 aliphatic carbocycles. The average Bonchev–Trinajstić information content (AvgIpc) is 2.60. The number of carbonyl (C=O) groups excluding carboxylic acids is 1. The lowest BCUT2D eigenvalue weighted by Crippen LogP contribution is -2.26. The van der Waals surface area contributed by atoms with Crippen molar-refractivity contribution in [2.24, 2.45) is 0 Å². The van der Waals surface area contributed by atoms with Gasteiger partial charge in [-0.25, -0.2) is 13.1 Å². The fourth-order valence-corrected chi connectivity index (χ4v) is 3.41. The van der Waals surface area contributed by atoms with Crippen molar-refractivity contribution in [1.82, 2.24) is 10.0 Å². The first-order valence-corrected chi connectivity index (χ1v) is 9.37. The minimum atomic E-state index is -3.61. The number of methoxy groups -OCH3 is 1. The highest BCUT2D eigenvalue weighted by Crippen LogP contribution is 2.16. The van der Waals surface area contributed by atoms with Crippen LogP contribution in [0.3, 0.4) is 0 Å². The van der Waals surface area contributed by atoms with E-state index < -0.39 is 10.0 Å². The second kappa shape index (κ2) is 8.13. The van der Waals surface area contributed by atoms with Gasteiger partial charge >= 0.3 is 0 Å². The Morgan fingerprint density at radius 3 is 2.60 bits per heavy atom. The third-order valence-corrected chi connectivity index (χ3v) is 5.23. The van der Waals surface area contributed by atoms with E-state index in [1.165, 1.54) is 12.1 Å². The van der Waals surface area contributed by atoms with E-state index in [9.17, 15) is 13.2 Å². The van der Waals surface area contributed by atoms with Gasteiger partial charge in [0.2, 0.25) is 10.0 Å². The van der Waals surface area contributed by atoms with Crippen LogP contribution in [0.4, 0.5) is 0 Å². The van der Waals surface area contributed by atoms with Gasteiger partial charge in [0, 0.05) is 18.7 Å². The number of hydrogen-bond donors (Lipinski definition) is 2. The van der Waals surface area contributed by atoms with Gasteiger partial charge in [0.1, 0.15) is 5.75 Å². The van der Waals surface area contributed by atoms with E-state index in [0.29, 0.717) is 23.4 Å². The van der Waals surface area contributed by atoms with E-state index in [0.717, 1.165) is 5.56 Å². The molecule has 0 aliphatic heterocycles. The number of amides is 1. The standard InChI is InChI=1S/C18H22N2O4S/c1-4-20-25(22,23)16-9-8-13(2)17(11-16)18(21)19-12-14-6-5-7-15(10-14)24-3/h5-11,20H,4,12H2,1-3H3,(H,19,21). The van der Waals surface area contributed by atoms with Crippen molar-refractivity contribution in [3.63, 3.8) is 0 Å². The van der Waals surface area contributed by atoms with Gasteiger partial charge < -0.3 is 10.1 Å². The molecular weight excluding hydrogens is 340 g/mol. The number of sulfonamides is 1. The third kappa shape index (κ3) is 4.80. The van der Waals surface area contributed by atoms with Gasteiger partial charge in [0.15, 0.2) is 0 Å². The molecule has 0 radical (unpaired) electrons. The highest BCUT2D eigenvalue weighted by atomic mass is 32.2. The summed E-state index contributed by atoms with van der Waals surface area (Å²) in [6, 6.07) is 11.9. The van der Waals surface area contributed by atoms with Crippen molar-refractivity contribution in [2.45, 2.75) is 25.3 Å². The number of benzene rings is 2. The molecule has 134 valence electrons. The van der Waals surface area contributed by atoms with E-state index >= 15 is 0 Å². The Kier molecular flexibility index (Phi) is 6.17. The minimum Gasteiger partial charge on any atom is -0.497 e. The predicted octanol–water partition coefficient (Wildman–Crippen LogP) is 2.23. The number of ether oxygens (including phenoxy) is 1. The summed E-state index contributed by atoms with van der Waals surface area (Å²) >= 11 is 0. The fraction of sp³-hybridized carbons (Fsp3) is 0.278. The first kappa shape index (κ1) is 19.0. The second-order valence-corrected chi connectivity index (χ2v) is 7.28. The molecule has 1 amide bonds. The monoisotopic (exact) mass is 362 g/mol. The van der Waals surface area contributed by atoms with Crippen molar-refractivity contribution < 1.29 is 17.9 Å². The fourth-order valence-electron chi connectivity index (χ4n) is 2.35. The van der Waals surface area contributed by atoms with Crippen LogP contribution in [-0.2, 0) is 16.6 Å². The van der Waals surface area contributed by atoms with Crippen LogP contribution in [0.2, 0.25) is 0 Å². The zero-order chi connectivity index (χ0) is 18.4. The molecule has 0 saturated carbocycles. The number of hydrogen-bond acceptors (Lipinski definition) is 4. The molecule has 7 heteroatoms. The van der Waals surface area contributed by atoms with Gasteiger partial charge in [-0.05, 0) is 42.3 Å². The zero-order valence-electron chi connectivity index (χ0n) is 14.5. The van der Waals surface area contributed by atoms with Crippen LogP contribution in [0.25, 0.3) is 0 Å². The molecule has 0 saturated heterocycles. The normalized spacial score (nSPS) is 11.2. The van der Waals surface area contributed by atoms with Gasteiger partial charge in [-0.2, -0.15) is 0 Å². The summed E-state index contributed by atoms with van der Waals surface area (Å²) in [5, 5.41) is 2.81. The van der Waals surface area contributed by atoms with Crippen molar-refractivity contribution in [2.75, 3.05) is 13.7 Å². The van der Waals surface area contributed by atoms with Crippen molar-refractivity contribution in [1.29, 1.82) is 0 Å². The Morgan fingerprint density at radius 2 is 1.92 bits per heavy atom. The molecule has 0 spiro atoms. The van der Waals surface area contributed by atoms with Crippen molar-refractivity contribution >= 4 is 15.9 Å². The Hall–Kier alpha value is -2.38. The van der Waals surface area contributed by atoms with E-state index in [1.54, 1.807) is 27.0 Å². The zero-order valence-corrected chi connectivity index (χ0v) is 15.3. The lowest BCUT2D eigenvalue weighted by Gasteiger charge is -2.11. The Morgan fingerprint density at radius 1 is 1.16 bits per heavy atom. The lowest BCUT2D eigenvalue weighted by atomic mass is 10.1. The predicted molar refractivity (Wildman–Crippen MR) is 96.2 cm³/mol. The number of nitrogens with one attached hydrogen (secondary N) is 2. The molecule has 0 unspecified atom stereocenters. The molecule has 0 bridgehead atoms. The maximum atomic E-state index is 12.5. The number of rotatable bonds is 7. The molecule has 2 aromatic carbocycles. The third-order valence-electron chi connectivity index (χ3n) is 3.69. The maximum absolute atomic E-state index is 12.5. The number of carbonyl (C=O) groups is 1. The highest BCUT2D eigenvalue weighted by molar-refractivity contribution is 7.89. The van der Waals surface area contributed by atoms with Crippen LogP contribution < -0.4 is 14.8 Å². The topological polar surface area (TPSA) is 84.5 Å². The van der Waals surface area contributed by atoms with Crippen LogP contribution in [0.5, 0.6) is 5.75 Å². The van der Waals surface area contributed by atoms with Crippen LogP contribution in [0.1, 0.15) is 28.4 Å². The summed E-state index contributed by atoms with van der Waals surface area (Å²) < 4.78 is 31.8. The van der Waals surface area contributed by atoms with Crippen molar-refractivity contribution in [3.8, 4) is 5.75 Å². The van der Waals surface area contributed by atoms with Crippen LogP contribution >= 0.6 is 0 Å². The van der Waals surface area contributed by atoms with Gasteiger partial charge in [-0.1, -0.05) is 25.1 Å². The summed E-state index contributed by atoms with van der Waals surface area (Å²) in [5.74, 6) is 0.385. The average molecular weight is 362 g/mol. The minimum absolute atomic E-state index is 0.0754. The molecule has 6 nitrogen and oxygen atoms in total. The quantitative estimate of drug-likeness (QED) is 0.791. The van der Waals surface area contributed by atoms with Gasteiger partial charge in [0.05, 0.1) is 12.0 Å². The Bertz CT molecular complexity index is 863. The SMILES string of the molecule is CCNS(=O)(=O)c1ccc(C)c(C(=O)NCc2cccc(OC)c2)c1. The smallest absolute Gasteiger partial charge is 0.251 e. The molecule has 2 N–H and O–H groups in total. The van der Waals surface area contributed by atoms with Crippen LogP contribution in [-0.4, -0.2) is 28.0 Å². The van der Waals surface area contributed by atoms with Gasteiger partial charge in [-0.3, -0.25) is 4.79 Å². The summed E-state index contributed by atoms with van der Waals surface area (Å²) in [4.78, 5) is 12.5. The van der Waals surface area contributed by atoms with E-state index in [2.05, 4.69) is 10.0 Å². The largest absolute Gasteiger partial charge is 0.497 e. The molecule has 2 aromatic rings. The molecule has 0 atom stereocenters. The first-order valence-electron chi connectivity index (χ1n) is 7.89. The van der Waals surface area contributed by atoms with E-state index in [4.69, 9.17) is 4.74 Å². The van der Waals surface area contributed by atoms with Gasteiger partial charge in [0.25, 0.3) is 5.91 Å². The number of aryl methyl sites for hydroxylation is 1. The van der Waals surface area contributed by atoms with Crippen LogP contribution in [0, 0.1) is 6.92 Å². The highest BCUT2D eigenvalue weighted by Gasteiger charge is 2.17. The first-order chi connectivity index (χ1) is 11.9. The second-order valence-electron chi connectivity index (χ2n) is 5.51. The molecule has 0 aromatic heterocycles. The van der Waals surface area contributed by atoms with E-state index in [1.807, 2.05) is 24.3 Å². The Balaban J connectivity index is 2.18. The summed E-state index contributed by atoms with van der Waals surface area (Å²) in [5.41, 5.74) is 1.93. The summed E-state index contributed by atoms with van der Waals surface area (Å²) in [6.07, 6.45) is 0. The summed E-state index contributed by atoms with van der Waals surface area (Å²) in [7, 11) is -2.03. The van der Waals surface area contributed by atoms with Crippen molar-refractivity contribution in [3.05, 3.63) is 59.2 Å². The molecule has 25 heavy (non-hydrogen) atoms. The van der Waals surface area contributed by atoms with Crippen LogP contribution in [0.15, 0.2) is 47.4 Å². The lowest BCUT2D eigenvalue weighted by molar-refractivity contribution is 0.0950. The molecule has 2 rings (SSSR count). The van der Waals surface area contributed by atoms with Gasteiger partial charge in [-0.15, -0.1) is 0 Å². The summed E-state index contributed by atoms with van der Waals surface area (Å²) in [6.45, 7) is 4.07. The maximum Gasteiger partial charge on any atom is 0.251 e.